The van der Waals surface area contributed by atoms with E-state index in [2.05, 4.69) is 22.5 Å². The first-order valence-electron chi connectivity index (χ1n) is 8.08. The highest BCUT2D eigenvalue weighted by Gasteiger charge is 2.11. The van der Waals surface area contributed by atoms with Crippen LogP contribution in [0.5, 0.6) is 0 Å². The van der Waals surface area contributed by atoms with Gasteiger partial charge in [0.1, 0.15) is 0 Å². The fourth-order valence-corrected chi connectivity index (χ4v) is 1.75. The maximum absolute atomic E-state index is 11.7. The standard InChI is InChI=1S/C19H25N3O2/c1-3-4-5-6-12-20-13-7-14-21-18(23)19(24)22-15-17-10-8-16(2)9-11-17/h4-6,8-13H,3,7,14-15H2,1-2H3,(H,21,23)(H,22,24)/b5-4-,12-6-,20-13?. The van der Waals surface area contributed by atoms with Gasteiger partial charge in [-0.2, -0.15) is 0 Å². The van der Waals surface area contributed by atoms with E-state index in [-0.39, 0.29) is 0 Å². The summed E-state index contributed by atoms with van der Waals surface area (Å²) in [5, 5.41) is 5.15. The van der Waals surface area contributed by atoms with Crippen LogP contribution in [-0.2, 0) is 16.1 Å². The molecule has 0 aliphatic heterocycles. The summed E-state index contributed by atoms with van der Waals surface area (Å²) in [4.78, 5) is 27.4. The molecule has 5 nitrogen and oxygen atoms in total. The molecule has 2 N–H and O–H groups in total. The highest BCUT2D eigenvalue weighted by Crippen LogP contribution is 2.02. The van der Waals surface area contributed by atoms with Gasteiger partial charge in [-0.15, -0.1) is 0 Å². The second-order valence-electron chi connectivity index (χ2n) is 5.22. The monoisotopic (exact) mass is 327 g/mol. The molecule has 128 valence electrons. The van der Waals surface area contributed by atoms with Crippen LogP contribution in [0, 0.1) is 6.92 Å². The van der Waals surface area contributed by atoms with Gasteiger partial charge in [0, 0.05) is 31.9 Å². The Kier molecular flexibility index (Phi) is 9.53. The number of benzene rings is 1. The van der Waals surface area contributed by atoms with Gasteiger partial charge in [-0.1, -0.05) is 48.9 Å². The largest absolute Gasteiger partial charge is 0.347 e. The van der Waals surface area contributed by atoms with Gasteiger partial charge < -0.3 is 10.6 Å². The number of carbonyl (C=O) groups excluding carboxylic acids is 2. The van der Waals surface area contributed by atoms with E-state index in [0.29, 0.717) is 19.5 Å². The van der Waals surface area contributed by atoms with E-state index >= 15 is 0 Å². The van der Waals surface area contributed by atoms with E-state index in [1.165, 1.54) is 0 Å². The molecule has 0 aliphatic rings. The number of rotatable bonds is 8. The highest BCUT2D eigenvalue weighted by molar-refractivity contribution is 6.35. The molecular weight excluding hydrogens is 302 g/mol. The second kappa shape index (κ2) is 11.8. The topological polar surface area (TPSA) is 70.6 Å². The zero-order valence-electron chi connectivity index (χ0n) is 14.3. The normalized spacial score (nSPS) is 11.4. The van der Waals surface area contributed by atoms with Crippen molar-refractivity contribution in [3.05, 3.63) is 59.8 Å². The number of aryl methyl sites for hydroxylation is 1. The highest BCUT2D eigenvalue weighted by atomic mass is 16.2. The van der Waals surface area contributed by atoms with Gasteiger partial charge in [0.05, 0.1) is 0 Å². The fraction of sp³-hybridized carbons (Fsp3) is 0.316. The van der Waals surface area contributed by atoms with E-state index in [1.54, 1.807) is 12.4 Å². The molecule has 2 amide bonds. The first-order valence-corrected chi connectivity index (χ1v) is 8.08. The van der Waals surface area contributed by atoms with Crippen molar-refractivity contribution in [2.24, 2.45) is 4.99 Å². The smallest absolute Gasteiger partial charge is 0.309 e. The third-order valence-electron chi connectivity index (χ3n) is 3.10. The van der Waals surface area contributed by atoms with Crippen molar-refractivity contribution in [2.45, 2.75) is 33.2 Å². The number of carbonyl (C=O) groups is 2. The average Bonchev–Trinajstić information content (AvgIpc) is 2.59. The van der Waals surface area contributed by atoms with Crippen molar-refractivity contribution < 1.29 is 9.59 Å². The molecule has 0 saturated carbocycles. The molecule has 0 aromatic heterocycles. The molecule has 0 fully saturated rings. The van der Waals surface area contributed by atoms with Gasteiger partial charge in [-0.05, 0) is 25.0 Å². The third kappa shape index (κ3) is 8.68. The van der Waals surface area contributed by atoms with E-state index < -0.39 is 11.8 Å². The molecule has 0 bridgehead atoms. The minimum atomic E-state index is -0.628. The van der Waals surface area contributed by atoms with Crippen molar-refractivity contribution in [3.63, 3.8) is 0 Å². The van der Waals surface area contributed by atoms with Crippen LogP contribution in [0.25, 0.3) is 0 Å². The number of allylic oxidation sites excluding steroid dienone is 3. The number of aliphatic imine (C=N–C) groups is 1. The van der Waals surface area contributed by atoms with Gasteiger partial charge >= 0.3 is 11.8 Å². The van der Waals surface area contributed by atoms with Crippen LogP contribution in [0.4, 0.5) is 0 Å². The molecule has 5 heteroatoms. The fourth-order valence-electron chi connectivity index (χ4n) is 1.75. The first-order chi connectivity index (χ1) is 11.6. The van der Waals surface area contributed by atoms with E-state index in [0.717, 1.165) is 17.5 Å². The molecular formula is C19H25N3O2. The zero-order valence-corrected chi connectivity index (χ0v) is 14.3. The minimum Gasteiger partial charge on any atom is -0.347 e. The summed E-state index contributed by atoms with van der Waals surface area (Å²) in [6.07, 6.45) is 10.7. The number of hydrogen-bond acceptors (Lipinski definition) is 3. The Balaban J connectivity index is 2.19. The lowest BCUT2D eigenvalue weighted by Crippen LogP contribution is -2.40. The number of nitrogens with one attached hydrogen (secondary N) is 2. The number of hydrogen-bond donors (Lipinski definition) is 2. The van der Waals surface area contributed by atoms with Crippen LogP contribution >= 0.6 is 0 Å². The zero-order chi connectivity index (χ0) is 17.6. The third-order valence-corrected chi connectivity index (χ3v) is 3.10. The molecule has 24 heavy (non-hydrogen) atoms. The summed E-state index contributed by atoms with van der Waals surface area (Å²) in [5.74, 6) is -1.26. The van der Waals surface area contributed by atoms with Crippen molar-refractivity contribution in [1.82, 2.24) is 10.6 Å². The lowest BCUT2D eigenvalue weighted by molar-refractivity contribution is -0.139. The quantitative estimate of drug-likeness (QED) is 0.333. The van der Waals surface area contributed by atoms with Crippen LogP contribution < -0.4 is 10.6 Å². The van der Waals surface area contributed by atoms with E-state index in [9.17, 15) is 9.59 Å². The second-order valence-corrected chi connectivity index (χ2v) is 5.22. The van der Waals surface area contributed by atoms with Gasteiger partial charge in [0.2, 0.25) is 0 Å². The van der Waals surface area contributed by atoms with Crippen LogP contribution in [0.2, 0.25) is 0 Å². The molecule has 0 unspecified atom stereocenters. The summed E-state index contributed by atoms with van der Waals surface area (Å²) < 4.78 is 0. The lowest BCUT2D eigenvalue weighted by atomic mass is 10.1. The summed E-state index contributed by atoms with van der Waals surface area (Å²) in [6, 6.07) is 7.78. The van der Waals surface area contributed by atoms with Crippen molar-refractivity contribution >= 4 is 18.0 Å². The maximum atomic E-state index is 11.7. The predicted octanol–water partition coefficient (Wildman–Crippen LogP) is 2.67. The summed E-state index contributed by atoms with van der Waals surface area (Å²) in [6.45, 7) is 4.77. The summed E-state index contributed by atoms with van der Waals surface area (Å²) in [7, 11) is 0. The Morgan fingerprint density at radius 2 is 1.79 bits per heavy atom. The maximum Gasteiger partial charge on any atom is 0.309 e. The molecule has 0 saturated heterocycles. The van der Waals surface area contributed by atoms with Gasteiger partial charge in [0.15, 0.2) is 0 Å². The van der Waals surface area contributed by atoms with Crippen LogP contribution in [0.3, 0.4) is 0 Å². The van der Waals surface area contributed by atoms with E-state index in [4.69, 9.17) is 0 Å². The van der Waals surface area contributed by atoms with Crippen LogP contribution in [-0.4, -0.2) is 24.6 Å². The average molecular weight is 327 g/mol. The lowest BCUT2D eigenvalue weighted by Gasteiger charge is -2.06. The molecule has 0 atom stereocenters. The van der Waals surface area contributed by atoms with Crippen molar-refractivity contribution in [1.29, 1.82) is 0 Å². The van der Waals surface area contributed by atoms with Crippen LogP contribution in [0.15, 0.2) is 53.7 Å². The Morgan fingerprint density at radius 3 is 2.50 bits per heavy atom. The molecule has 1 rings (SSSR count). The van der Waals surface area contributed by atoms with Gasteiger partial charge in [0.25, 0.3) is 0 Å². The molecule has 0 heterocycles. The van der Waals surface area contributed by atoms with Crippen molar-refractivity contribution in [2.75, 3.05) is 6.54 Å². The van der Waals surface area contributed by atoms with Gasteiger partial charge in [-0.3, -0.25) is 14.6 Å². The minimum absolute atomic E-state index is 0.337. The summed E-state index contributed by atoms with van der Waals surface area (Å²) in [5.41, 5.74) is 2.11. The Bertz CT molecular complexity index is 602. The predicted molar refractivity (Wildman–Crippen MR) is 97.7 cm³/mol. The SMILES string of the molecule is CC/C=C\C=C/N=CCCNC(=O)C(=O)NCc1ccc(C)cc1. The summed E-state index contributed by atoms with van der Waals surface area (Å²) >= 11 is 0. The molecule has 0 spiro atoms. The number of nitrogens with zero attached hydrogens (tertiary/aromatic N) is 1. The molecule has 1 aromatic carbocycles. The Morgan fingerprint density at radius 1 is 1.08 bits per heavy atom. The van der Waals surface area contributed by atoms with Crippen molar-refractivity contribution in [3.8, 4) is 0 Å². The molecule has 0 radical (unpaired) electrons. The van der Waals surface area contributed by atoms with E-state index in [1.807, 2.05) is 49.4 Å². The molecule has 0 aliphatic carbocycles. The van der Waals surface area contributed by atoms with Gasteiger partial charge in [-0.25, -0.2) is 0 Å². The first kappa shape index (κ1) is 19.4. The molecule has 1 aromatic rings. The number of amides is 2. The van der Waals surface area contributed by atoms with Crippen LogP contribution in [0.1, 0.15) is 30.9 Å². The Hall–Kier alpha value is -2.69. The Labute approximate surface area is 143 Å².